The van der Waals surface area contributed by atoms with Crippen molar-refractivity contribution in [3.05, 3.63) is 64.6 Å². The van der Waals surface area contributed by atoms with Gasteiger partial charge in [-0.15, -0.1) is 0 Å². The van der Waals surface area contributed by atoms with Crippen LogP contribution in [0.1, 0.15) is 34.7 Å². The lowest BCUT2D eigenvalue weighted by Gasteiger charge is -2.22. The Morgan fingerprint density at radius 3 is 2.97 bits per heavy atom. The Bertz CT molecular complexity index is 1140. The van der Waals surface area contributed by atoms with E-state index in [4.69, 9.17) is 5.73 Å². The number of aliphatic hydroxyl groups is 2. The molecule has 5 rings (SSSR count). The fraction of sp³-hybridized carbons (Fsp3) is 0.391. The third-order valence-corrected chi connectivity index (χ3v) is 6.43. The number of rotatable bonds is 4. The number of hydrogen-bond donors (Lipinski definition) is 4. The molecule has 2 aliphatic rings. The first-order valence-corrected chi connectivity index (χ1v) is 10.5. The second kappa shape index (κ2) is 7.50. The molecule has 0 amide bonds. The van der Waals surface area contributed by atoms with Gasteiger partial charge in [-0.25, -0.2) is 9.97 Å². The normalized spacial score (nSPS) is 23.6. The average Bonchev–Trinajstić information content (AvgIpc) is 3.29. The van der Waals surface area contributed by atoms with E-state index in [1.54, 1.807) is 0 Å². The third kappa shape index (κ3) is 3.19. The minimum atomic E-state index is -0.917. The van der Waals surface area contributed by atoms with E-state index in [2.05, 4.69) is 34.3 Å². The van der Waals surface area contributed by atoms with Crippen LogP contribution >= 0.6 is 0 Å². The van der Waals surface area contributed by atoms with Gasteiger partial charge in [0.2, 0.25) is 0 Å². The molecule has 2 aromatic heterocycles. The molecule has 3 heterocycles. The van der Waals surface area contributed by atoms with E-state index >= 15 is 0 Å². The van der Waals surface area contributed by atoms with Crippen molar-refractivity contribution in [1.82, 2.24) is 19.9 Å². The number of benzene rings is 1. The van der Waals surface area contributed by atoms with Crippen LogP contribution in [-0.4, -0.2) is 43.5 Å². The van der Waals surface area contributed by atoms with Gasteiger partial charge in [0.1, 0.15) is 30.0 Å². The molecule has 7 heteroatoms. The van der Waals surface area contributed by atoms with Crippen LogP contribution < -0.4 is 11.1 Å². The highest BCUT2D eigenvalue weighted by Gasteiger charge is 2.36. The second-order valence-electron chi connectivity index (χ2n) is 8.38. The van der Waals surface area contributed by atoms with Gasteiger partial charge in [-0.05, 0) is 61.1 Å². The van der Waals surface area contributed by atoms with Gasteiger partial charge >= 0.3 is 0 Å². The van der Waals surface area contributed by atoms with Gasteiger partial charge in [-0.3, -0.25) is 0 Å². The Morgan fingerprint density at radius 1 is 1.23 bits per heavy atom. The lowest BCUT2D eigenvalue weighted by molar-refractivity contribution is 0.0317. The van der Waals surface area contributed by atoms with Crippen molar-refractivity contribution in [2.75, 3.05) is 12.3 Å². The number of hydrogen-bond acceptors (Lipinski definition) is 6. The zero-order valence-electron chi connectivity index (χ0n) is 17.0. The van der Waals surface area contributed by atoms with Crippen LogP contribution in [-0.2, 0) is 19.4 Å². The summed E-state index contributed by atoms with van der Waals surface area (Å²) in [7, 11) is 0. The van der Waals surface area contributed by atoms with Crippen molar-refractivity contribution in [2.24, 2.45) is 0 Å². The maximum absolute atomic E-state index is 10.8. The largest absolute Gasteiger partial charge is 0.388 e. The van der Waals surface area contributed by atoms with Crippen LogP contribution in [0, 0.1) is 6.92 Å². The highest BCUT2D eigenvalue weighted by Crippen LogP contribution is 2.35. The van der Waals surface area contributed by atoms with Crippen molar-refractivity contribution in [2.45, 2.75) is 51.0 Å². The van der Waals surface area contributed by atoms with E-state index in [1.807, 2.05) is 22.9 Å². The molecule has 0 radical (unpaired) electrons. The molecule has 0 saturated heterocycles. The van der Waals surface area contributed by atoms with E-state index in [0.29, 0.717) is 17.9 Å². The molecular weight excluding hydrogens is 378 g/mol. The van der Waals surface area contributed by atoms with Crippen molar-refractivity contribution in [3.63, 3.8) is 0 Å². The number of aromatic nitrogens is 3. The molecule has 1 aliphatic carbocycles. The molecule has 0 spiro atoms. The molecule has 5 N–H and O–H groups in total. The first-order valence-electron chi connectivity index (χ1n) is 10.5. The molecule has 7 nitrogen and oxygen atoms in total. The zero-order chi connectivity index (χ0) is 20.8. The minimum Gasteiger partial charge on any atom is -0.388 e. The first kappa shape index (κ1) is 19.2. The Balaban J connectivity index is 1.42. The van der Waals surface area contributed by atoms with Crippen LogP contribution in [0.2, 0.25) is 0 Å². The maximum atomic E-state index is 10.8. The molecule has 156 valence electrons. The summed E-state index contributed by atoms with van der Waals surface area (Å²) in [5.74, 6) is 0.411. The van der Waals surface area contributed by atoms with Crippen LogP contribution in [0.15, 0.2) is 42.4 Å². The van der Waals surface area contributed by atoms with Gasteiger partial charge in [-0.2, -0.15) is 0 Å². The number of aryl methyl sites for hydroxylation is 2. The van der Waals surface area contributed by atoms with E-state index in [9.17, 15) is 10.2 Å². The summed E-state index contributed by atoms with van der Waals surface area (Å²) in [6.07, 6.45) is 6.06. The zero-order valence-corrected chi connectivity index (χ0v) is 17.0. The van der Waals surface area contributed by atoms with Crippen LogP contribution in [0.5, 0.6) is 0 Å². The number of nitrogens with one attached hydrogen (secondary N) is 1. The number of nitrogens with zero attached hydrogens (tertiary/aromatic N) is 3. The fourth-order valence-corrected chi connectivity index (χ4v) is 4.89. The number of anilines is 1. The molecule has 2 unspecified atom stereocenters. The molecule has 3 aromatic rings. The van der Waals surface area contributed by atoms with Crippen molar-refractivity contribution in [1.29, 1.82) is 0 Å². The standard InChI is InChI=1S/C23H27N5O2/c1-13-8-14(18-11-25-6-4-15(18)9-13)2-3-16-10-19(21(30)20(16)29)28-7-5-17-22(24)26-12-27-23(17)28/h5,7-10,12,19-21,25,29-30H,2-4,6,11H2,1H3,(H2,24,26,27)/t19?,20?,21-/m1/s1. The van der Waals surface area contributed by atoms with E-state index < -0.39 is 12.2 Å². The minimum absolute atomic E-state index is 0.380. The number of nitrogen functional groups attached to an aromatic ring is 1. The predicted molar refractivity (Wildman–Crippen MR) is 116 cm³/mol. The fourth-order valence-electron chi connectivity index (χ4n) is 4.89. The molecule has 3 atom stereocenters. The maximum Gasteiger partial charge on any atom is 0.146 e. The van der Waals surface area contributed by atoms with E-state index in [0.717, 1.165) is 36.9 Å². The monoisotopic (exact) mass is 405 g/mol. The number of nitrogens with two attached hydrogens (primary N) is 1. The summed E-state index contributed by atoms with van der Waals surface area (Å²) in [5.41, 5.74) is 12.9. The number of aliphatic hydroxyl groups excluding tert-OH is 2. The highest BCUT2D eigenvalue weighted by molar-refractivity contribution is 5.86. The molecule has 0 saturated carbocycles. The van der Waals surface area contributed by atoms with Crippen molar-refractivity contribution >= 4 is 16.9 Å². The highest BCUT2D eigenvalue weighted by atomic mass is 16.3. The molecule has 1 aromatic carbocycles. The lowest BCUT2D eigenvalue weighted by atomic mass is 9.90. The van der Waals surface area contributed by atoms with Gasteiger partial charge in [0.15, 0.2) is 0 Å². The molecule has 30 heavy (non-hydrogen) atoms. The van der Waals surface area contributed by atoms with Gasteiger partial charge in [-0.1, -0.05) is 23.8 Å². The van der Waals surface area contributed by atoms with Crippen LogP contribution in [0.3, 0.4) is 0 Å². The Hall–Kier alpha value is -2.74. The Morgan fingerprint density at radius 2 is 2.10 bits per heavy atom. The molecule has 0 bridgehead atoms. The van der Waals surface area contributed by atoms with Crippen molar-refractivity contribution < 1.29 is 10.2 Å². The van der Waals surface area contributed by atoms with E-state index in [1.165, 1.54) is 28.6 Å². The van der Waals surface area contributed by atoms with Crippen LogP contribution in [0.25, 0.3) is 11.0 Å². The van der Waals surface area contributed by atoms with Gasteiger partial charge in [0, 0.05) is 12.7 Å². The SMILES string of the molecule is Cc1cc2c(c(CCC3=CC(n4ccc5c(N)ncnc54)[C@@H](O)C3O)c1)CNCC2. The van der Waals surface area contributed by atoms with E-state index in [-0.39, 0.29) is 6.04 Å². The average molecular weight is 406 g/mol. The summed E-state index contributed by atoms with van der Waals surface area (Å²) in [4.78, 5) is 8.35. The predicted octanol–water partition coefficient (Wildman–Crippen LogP) is 1.80. The summed E-state index contributed by atoms with van der Waals surface area (Å²) >= 11 is 0. The van der Waals surface area contributed by atoms with Crippen molar-refractivity contribution in [3.8, 4) is 0 Å². The molecule has 0 fully saturated rings. The van der Waals surface area contributed by atoms with Gasteiger partial charge in [0.25, 0.3) is 0 Å². The summed E-state index contributed by atoms with van der Waals surface area (Å²) in [6.45, 7) is 4.06. The lowest BCUT2D eigenvalue weighted by Crippen LogP contribution is -2.29. The van der Waals surface area contributed by atoms with Gasteiger partial charge in [0.05, 0.1) is 11.4 Å². The summed E-state index contributed by atoms with van der Waals surface area (Å²) in [6, 6.07) is 6.01. The Kier molecular flexibility index (Phi) is 4.81. The molecule has 1 aliphatic heterocycles. The topological polar surface area (TPSA) is 109 Å². The second-order valence-corrected chi connectivity index (χ2v) is 8.38. The molecular formula is C23H27N5O2. The number of fused-ring (bicyclic) bond motifs is 2. The van der Waals surface area contributed by atoms with Gasteiger partial charge < -0.3 is 25.8 Å². The first-order chi connectivity index (χ1) is 14.5. The smallest absolute Gasteiger partial charge is 0.146 e. The Labute approximate surface area is 175 Å². The van der Waals surface area contributed by atoms with Crippen LogP contribution in [0.4, 0.5) is 5.82 Å². The summed E-state index contributed by atoms with van der Waals surface area (Å²) in [5, 5.41) is 25.7. The third-order valence-electron chi connectivity index (χ3n) is 6.43. The quantitative estimate of drug-likeness (QED) is 0.493. The summed E-state index contributed by atoms with van der Waals surface area (Å²) < 4.78 is 1.87.